The van der Waals surface area contributed by atoms with Crippen LogP contribution in [-0.2, 0) is 11.3 Å². The van der Waals surface area contributed by atoms with E-state index in [9.17, 15) is 9.59 Å². The van der Waals surface area contributed by atoms with E-state index < -0.39 is 5.97 Å². The smallest absolute Gasteiger partial charge is 0.343 e. The highest BCUT2D eigenvalue weighted by molar-refractivity contribution is 6.01. The summed E-state index contributed by atoms with van der Waals surface area (Å²) >= 11 is 0. The molecule has 25 heavy (non-hydrogen) atoms. The van der Waals surface area contributed by atoms with Crippen LogP contribution in [-0.4, -0.2) is 24.3 Å². The molecule has 0 radical (unpaired) electrons. The lowest BCUT2D eigenvalue weighted by molar-refractivity contribution is 0.0524. The zero-order valence-corrected chi connectivity index (χ0v) is 14.0. The first-order valence-corrected chi connectivity index (χ1v) is 8.14. The molecule has 5 heteroatoms. The number of carbonyl (C=O) groups is 1. The van der Waals surface area contributed by atoms with Crippen LogP contribution in [0.25, 0.3) is 22.0 Å². The summed E-state index contributed by atoms with van der Waals surface area (Å²) in [6.07, 6.45) is 1.61. The van der Waals surface area contributed by atoms with Gasteiger partial charge < -0.3 is 14.0 Å². The molecule has 0 unspecified atom stereocenters. The second kappa shape index (κ2) is 5.77. The Labute approximate surface area is 144 Å². The second-order valence-corrected chi connectivity index (χ2v) is 5.95. The number of hydrogen-bond donors (Lipinski definition) is 0. The lowest BCUT2D eigenvalue weighted by Gasteiger charge is -2.24. The van der Waals surface area contributed by atoms with Crippen LogP contribution >= 0.6 is 0 Å². The van der Waals surface area contributed by atoms with E-state index in [1.165, 1.54) is 0 Å². The predicted molar refractivity (Wildman–Crippen MR) is 95.3 cm³/mol. The Morgan fingerprint density at radius 2 is 2.00 bits per heavy atom. The number of pyridine rings is 1. The molecule has 0 N–H and O–H groups in total. The molecule has 0 bridgehead atoms. The molecule has 0 amide bonds. The molecule has 0 aliphatic carbocycles. The summed E-state index contributed by atoms with van der Waals surface area (Å²) in [5.74, 6) is -0.00904. The maximum Gasteiger partial charge on any atom is 0.343 e. The van der Waals surface area contributed by atoms with Gasteiger partial charge in [0.1, 0.15) is 11.3 Å². The first-order valence-electron chi connectivity index (χ1n) is 8.14. The minimum Gasteiger partial charge on any atom is -0.497 e. The van der Waals surface area contributed by atoms with Crippen LogP contribution < -0.4 is 10.2 Å². The average Bonchev–Trinajstić information content (AvgIpc) is 2.64. The summed E-state index contributed by atoms with van der Waals surface area (Å²) < 4.78 is 12.4. The molecular formula is C20H17NO4. The van der Waals surface area contributed by atoms with Crippen molar-refractivity contribution in [2.45, 2.75) is 13.5 Å². The molecular weight excluding hydrogens is 318 g/mol. The number of benzene rings is 2. The maximum atomic E-state index is 12.9. The third kappa shape index (κ3) is 2.31. The molecule has 0 saturated carbocycles. The van der Waals surface area contributed by atoms with Crippen LogP contribution in [0.5, 0.6) is 5.75 Å². The van der Waals surface area contributed by atoms with Crippen molar-refractivity contribution in [2.75, 3.05) is 13.7 Å². The molecule has 2 heterocycles. The number of rotatable bonds is 3. The third-order valence-corrected chi connectivity index (χ3v) is 4.52. The van der Waals surface area contributed by atoms with Crippen LogP contribution in [0.2, 0.25) is 0 Å². The molecule has 0 spiro atoms. The SMILES string of the molecule is CCOC(=O)c1cn2c3c(cc(OC)cc3c1=O)-c1ccccc1C2. The van der Waals surface area contributed by atoms with Crippen molar-refractivity contribution in [3.05, 3.63) is 63.9 Å². The van der Waals surface area contributed by atoms with Crippen molar-refractivity contribution >= 4 is 16.9 Å². The largest absolute Gasteiger partial charge is 0.497 e. The number of aromatic nitrogens is 1. The maximum absolute atomic E-state index is 12.9. The van der Waals surface area contributed by atoms with Crippen LogP contribution in [0.1, 0.15) is 22.8 Å². The van der Waals surface area contributed by atoms with E-state index in [1.54, 1.807) is 26.3 Å². The molecule has 3 aromatic rings. The van der Waals surface area contributed by atoms with Gasteiger partial charge in [-0.3, -0.25) is 4.79 Å². The van der Waals surface area contributed by atoms with Gasteiger partial charge >= 0.3 is 5.97 Å². The van der Waals surface area contributed by atoms with Gasteiger partial charge in [0, 0.05) is 18.3 Å². The van der Waals surface area contributed by atoms with Crippen molar-refractivity contribution < 1.29 is 14.3 Å². The van der Waals surface area contributed by atoms with Crippen LogP contribution in [0.3, 0.4) is 0 Å². The molecule has 126 valence electrons. The van der Waals surface area contributed by atoms with Crippen molar-refractivity contribution in [1.29, 1.82) is 0 Å². The number of fused-ring (bicyclic) bond motifs is 2. The van der Waals surface area contributed by atoms with Gasteiger partial charge in [-0.25, -0.2) is 4.79 Å². The third-order valence-electron chi connectivity index (χ3n) is 4.52. The monoisotopic (exact) mass is 335 g/mol. The number of hydrogen-bond acceptors (Lipinski definition) is 4. The predicted octanol–water partition coefficient (Wildman–Crippen LogP) is 3.22. The van der Waals surface area contributed by atoms with Crippen molar-refractivity contribution in [3.63, 3.8) is 0 Å². The van der Waals surface area contributed by atoms with E-state index in [0.717, 1.165) is 22.2 Å². The number of carbonyl (C=O) groups excluding carboxylic acids is 1. The Kier molecular flexibility index (Phi) is 3.57. The fourth-order valence-corrected chi connectivity index (χ4v) is 3.42. The Hall–Kier alpha value is -3.08. The van der Waals surface area contributed by atoms with Gasteiger partial charge in [-0.15, -0.1) is 0 Å². The first-order chi connectivity index (χ1) is 12.1. The number of esters is 1. The van der Waals surface area contributed by atoms with Crippen LogP contribution in [0.4, 0.5) is 0 Å². The fraction of sp³-hybridized carbons (Fsp3) is 0.200. The summed E-state index contributed by atoms with van der Waals surface area (Å²) in [7, 11) is 1.57. The molecule has 0 saturated heterocycles. The number of ether oxygens (including phenoxy) is 2. The highest BCUT2D eigenvalue weighted by atomic mass is 16.5. The van der Waals surface area contributed by atoms with Gasteiger partial charge in [-0.1, -0.05) is 24.3 Å². The van der Waals surface area contributed by atoms with Gasteiger partial charge in [0.15, 0.2) is 0 Å². The van der Waals surface area contributed by atoms with Gasteiger partial charge in [0.05, 0.1) is 24.6 Å². The lowest BCUT2D eigenvalue weighted by atomic mass is 9.93. The Bertz CT molecular complexity index is 1070. The van der Waals surface area contributed by atoms with Crippen LogP contribution in [0, 0.1) is 0 Å². The Morgan fingerprint density at radius 3 is 2.76 bits per heavy atom. The first kappa shape index (κ1) is 15.4. The molecule has 2 aromatic carbocycles. The Balaban J connectivity index is 2.11. The van der Waals surface area contributed by atoms with Gasteiger partial charge in [-0.05, 0) is 30.2 Å². The summed E-state index contributed by atoms with van der Waals surface area (Å²) in [5.41, 5.74) is 3.68. The molecule has 0 atom stereocenters. The Morgan fingerprint density at radius 1 is 1.20 bits per heavy atom. The molecule has 1 aliphatic rings. The van der Waals surface area contributed by atoms with E-state index in [4.69, 9.17) is 9.47 Å². The van der Waals surface area contributed by atoms with Gasteiger partial charge in [0.25, 0.3) is 0 Å². The van der Waals surface area contributed by atoms with Crippen molar-refractivity contribution in [1.82, 2.24) is 4.57 Å². The standard InChI is InChI=1S/C20H17NO4/c1-3-25-20(23)17-11-21-10-12-6-4-5-7-14(12)15-8-13(24-2)9-16(18(15)21)19(17)22/h4-9,11H,3,10H2,1-2H3. The van der Waals surface area contributed by atoms with Crippen molar-refractivity contribution in [3.8, 4) is 16.9 Å². The zero-order chi connectivity index (χ0) is 17.6. The van der Waals surface area contributed by atoms with E-state index in [1.807, 2.05) is 34.9 Å². The minimum atomic E-state index is -0.596. The van der Waals surface area contributed by atoms with E-state index in [2.05, 4.69) is 0 Å². The summed E-state index contributed by atoms with van der Waals surface area (Å²) in [5, 5.41) is 0.467. The highest BCUT2D eigenvalue weighted by Gasteiger charge is 2.23. The average molecular weight is 335 g/mol. The van der Waals surface area contributed by atoms with E-state index in [-0.39, 0.29) is 17.6 Å². The van der Waals surface area contributed by atoms with E-state index in [0.29, 0.717) is 17.7 Å². The topological polar surface area (TPSA) is 57.5 Å². The molecule has 1 aliphatic heterocycles. The summed E-state index contributed by atoms with van der Waals surface area (Å²) in [4.78, 5) is 25.1. The normalized spacial score (nSPS) is 11.9. The molecule has 4 rings (SSSR count). The second-order valence-electron chi connectivity index (χ2n) is 5.95. The van der Waals surface area contributed by atoms with Crippen molar-refractivity contribution in [2.24, 2.45) is 0 Å². The molecule has 1 aromatic heterocycles. The van der Waals surface area contributed by atoms with Crippen LogP contribution in [0.15, 0.2) is 47.4 Å². The number of nitrogens with zero attached hydrogens (tertiary/aromatic N) is 1. The summed E-state index contributed by atoms with van der Waals surface area (Å²) in [6.45, 7) is 2.54. The van der Waals surface area contributed by atoms with Gasteiger partial charge in [0.2, 0.25) is 5.43 Å². The highest BCUT2D eigenvalue weighted by Crippen LogP contribution is 2.37. The zero-order valence-electron chi connectivity index (χ0n) is 14.0. The lowest BCUT2D eigenvalue weighted by Crippen LogP contribution is -2.23. The van der Waals surface area contributed by atoms with Gasteiger partial charge in [-0.2, -0.15) is 0 Å². The fourth-order valence-electron chi connectivity index (χ4n) is 3.42. The van der Waals surface area contributed by atoms with E-state index >= 15 is 0 Å². The quantitative estimate of drug-likeness (QED) is 0.540. The molecule has 5 nitrogen and oxygen atoms in total. The number of methoxy groups -OCH3 is 1. The summed E-state index contributed by atoms with van der Waals surface area (Å²) in [6, 6.07) is 11.7. The molecule has 0 fully saturated rings. The minimum absolute atomic E-state index is 0.0490.